The number of hydrogen-bond donors (Lipinski definition) is 2. The van der Waals surface area contributed by atoms with Gasteiger partial charge in [0.1, 0.15) is 0 Å². The molecule has 1 atom stereocenters. The van der Waals surface area contributed by atoms with E-state index in [1.807, 2.05) is 0 Å². The number of rotatable bonds is 6. The highest BCUT2D eigenvalue weighted by Gasteiger charge is 2.21. The summed E-state index contributed by atoms with van der Waals surface area (Å²) in [5, 5.41) is 3.30. The second kappa shape index (κ2) is 8.11. The molecule has 0 aliphatic heterocycles. The van der Waals surface area contributed by atoms with E-state index in [0.29, 0.717) is 11.6 Å². The molecule has 0 saturated heterocycles. The normalized spacial score (nSPS) is 12.6. The first-order chi connectivity index (χ1) is 11.3. The van der Waals surface area contributed by atoms with Crippen molar-refractivity contribution in [3.8, 4) is 0 Å². The Hall–Kier alpha value is -1.41. The predicted molar refractivity (Wildman–Crippen MR) is 97.2 cm³/mol. The van der Waals surface area contributed by atoms with Crippen LogP contribution >= 0.6 is 27.5 Å². The minimum Gasteiger partial charge on any atom is -0.351 e. The fourth-order valence-electron chi connectivity index (χ4n) is 1.91. The van der Waals surface area contributed by atoms with Gasteiger partial charge in [-0.15, -0.1) is 0 Å². The van der Waals surface area contributed by atoms with Crippen LogP contribution in [0.4, 0.5) is 0 Å². The lowest BCUT2D eigenvalue weighted by Gasteiger charge is -2.14. The SMILES string of the molecule is C[C@H](NS(=O)(=O)c1ccc(Br)cc1)C(=O)NCc1ccc(Cl)cc1. The van der Waals surface area contributed by atoms with Crippen LogP contribution in [0.1, 0.15) is 12.5 Å². The number of halogens is 2. The molecular weight excluding hydrogens is 416 g/mol. The summed E-state index contributed by atoms with van der Waals surface area (Å²) < 4.78 is 27.6. The Labute approximate surface area is 154 Å². The molecule has 2 rings (SSSR count). The first-order valence-corrected chi connectivity index (χ1v) is 9.73. The lowest BCUT2D eigenvalue weighted by Crippen LogP contribution is -2.44. The standard InChI is InChI=1S/C16H16BrClN2O3S/c1-11(16(21)19-10-12-2-6-14(18)7-3-12)20-24(22,23)15-8-4-13(17)5-9-15/h2-9,11,20H,10H2,1H3,(H,19,21)/t11-/m0/s1. The fraction of sp³-hybridized carbons (Fsp3) is 0.188. The molecule has 8 heteroatoms. The van der Waals surface area contributed by atoms with E-state index in [9.17, 15) is 13.2 Å². The maximum absolute atomic E-state index is 12.2. The highest BCUT2D eigenvalue weighted by atomic mass is 79.9. The molecular formula is C16H16BrClN2O3S. The zero-order valence-corrected chi connectivity index (χ0v) is 16.0. The molecule has 128 valence electrons. The van der Waals surface area contributed by atoms with Crippen molar-refractivity contribution in [2.24, 2.45) is 0 Å². The van der Waals surface area contributed by atoms with Crippen LogP contribution in [0.3, 0.4) is 0 Å². The minimum absolute atomic E-state index is 0.100. The quantitative estimate of drug-likeness (QED) is 0.738. The molecule has 1 amide bonds. The van der Waals surface area contributed by atoms with Gasteiger partial charge < -0.3 is 5.32 Å². The molecule has 0 radical (unpaired) electrons. The molecule has 0 aromatic heterocycles. The Morgan fingerprint density at radius 2 is 1.71 bits per heavy atom. The molecule has 0 unspecified atom stereocenters. The van der Waals surface area contributed by atoms with Gasteiger partial charge in [-0.3, -0.25) is 4.79 Å². The van der Waals surface area contributed by atoms with Gasteiger partial charge in [-0.05, 0) is 48.9 Å². The third kappa shape index (κ3) is 5.31. The Kier molecular flexibility index (Phi) is 6.40. The highest BCUT2D eigenvalue weighted by Crippen LogP contribution is 2.15. The molecule has 0 fully saturated rings. The largest absolute Gasteiger partial charge is 0.351 e. The summed E-state index contributed by atoms with van der Waals surface area (Å²) in [7, 11) is -3.76. The monoisotopic (exact) mass is 430 g/mol. The topological polar surface area (TPSA) is 75.3 Å². The number of sulfonamides is 1. The van der Waals surface area contributed by atoms with Crippen LogP contribution in [0.25, 0.3) is 0 Å². The van der Waals surface area contributed by atoms with Gasteiger partial charge in [0.05, 0.1) is 10.9 Å². The van der Waals surface area contributed by atoms with Gasteiger partial charge in [-0.1, -0.05) is 39.7 Å². The summed E-state index contributed by atoms with van der Waals surface area (Å²) in [6.07, 6.45) is 0. The van der Waals surface area contributed by atoms with E-state index in [2.05, 4.69) is 26.0 Å². The van der Waals surface area contributed by atoms with Crippen molar-refractivity contribution in [2.45, 2.75) is 24.4 Å². The summed E-state index contributed by atoms with van der Waals surface area (Å²) in [5.74, 6) is -0.411. The zero-order valence-electron chi connectivity index (χ0n) is 12.8. The molecule has 0 saturated carbocycles. The van der Waals surface area contributed by atoms with Crippen LogP contribution in [-0.4, -0.2) is 20.4 Å². The van der Waals surface area contributed by atoms with Gasteiger partial charge in [0.15, 0.2) is 0 Å². The number of hydrogen-bond acceptors (Lipinski definition) is 3. The number of benzene rings is 2. The Morgan fingerprint density at radius 1 is 1.12 bits per heavy atom. The maximum Gasteiger partial charge on any atom is 0.241 e. The lowest BCUT2D eigenvalue weighted by molar-refractivity contribution is -0.122. The smallest absolute Gasteiger partial charge is 0.241 e. The summed E-state index contributed by atoms with van der Waals surface area (Å²) >= 11 is 9.04. The van der Waals surface area contributed by atoms with E-state index in [1.165, 1.54) is 19.1 Å². The van der Waals surface area contributed by atoms with Crippen molar-refractivity contribution in [1.82, 2.24) is 10.0 Å². The van der Waals surface area contributed by atoms with E-state index in [1.54, 1.807) is 36.4 Å². The maximum atomic E-state index is 12.2. The number of amides is 1. The molecule has 2 N–H and O–H groups in total. The van der Waals surface area contributed by atoms with Gasteiger partial charge in [0.25, 0.3) is 0 Å². The van der Waals surface area contributed by atoms with Gasteiger partial charge in [-0.25, -0.2) is 8.42 Å². The van der Waals surface area contributed by atoms with E-state index < -0.39 is 22.0 Å². The average Bonchev–Trinajstić information content (AvgIpc) is 2.54. The molecule has 5 nitrogen and oxygen atoms in total. The first kappa shape index (κ1) is 18.9. The average molecular weight is 432 g/mol. The van der Waals surface area contributed by atoms with E-state index in [0.717, 1.165) is 10.0 Å². The summed E-state index contributed by atoms with van der Waals surface area (Å²) in [4.78, 5) is 12.2. The summed E-state index contributed by atoms with van der Waals surface area (Å²) in [5.41, 5.74) is 0.871. The third-order valence-corrected chi connectivity index (χ3v) is 5.57. The van der Waals surface area contributed by atoms with Crippen molar-refractivity contribution in [2.75, 3.05) is 0 Å². The summed E-state index contributed by atoms with van der Waals surface area (Å²) in [6.45, 7) is 1.79. The first-order valence-electron chi connectivity index (χ1n) is 7.08. The second-order valence-electron chi connectivity index (χ2n) is 5.14. The molecule has 24 heavy (non-hydrogen) atoms. The summed E-state index contributed by atoms with van der Waals surface area (Å²) in [6, 6.07) is 12.3. The fourth-order valence-corrected chi connectivity index (χ4v) is 3.51. The molecule has 0 aliphatic rings. The van der Waals surface area contributed by atoms with Gasteiger partial charge in [0, 0.05) is 16.0 Å². The second-order valence-corrected chi connectivity index (χ2v) is 8.21. The molecule has 2 aromatic rings. The molecule has 0 heterocycles. The van der Waals surface area contributed by atoms with Crippen molar-refractivity contribution < 1.29 is 13.2 Å². The van der Waals surface area contributed by atoms with Gasteiger partial charge in [0.2, 0.25) is 15.9 Å². The van der Waals surface area contributed by atoms with E-state index in [-0.39, 0.29) is 4.90 Å². The number of carbonyl (C=O) groups excluding carboxylic acids is 1. The minimum atomic E-state index is -3.76. The Morgan fingerprint density at radius 3 is 2.29 bits per heavy atom. The van der Waals surface area contributed by atoms with Crippen molar-refractivity contribution >= 4 is 43.5 Å². The molecule has 2 aromatic carbocycles. The van der Waals surface area contributed by atoms with Crippen LogP contribution in [0.5, 0.6) is 0 Å². The lowest BCUT2D eigenvalue weighted by atomic mass is 10.2. The number of carbonyl (C=O) groups is 1. The van der Waals surface area contributed by atoms with Gasteiger partial charge in [-0.2, -0.15) is 4.72 Å². The van der Waals surface area contributed by atoms with Crippen LogP contribution in [0.15, 0.2) is 57.9 Å². The van der Waals surface area contributed by atoms with Crippen LogP contribution in [0.2, 0.25) is 5.02 Å². The zero-order chi connectivity index (χ0) is 17.7. The van der Waals surface area contributed by atoms with E-state index in [4.69, 9.17) is 11.6 Å². The molecule has 0 spiro atoms. The van der Waals surface area contributed by atoms with Crippen molar-refractivity contribution in [3.63, 3.8) is 0 Å². The Bertz CT molecular complexity index is 808. The number of nitrogens with one attached hydrogen (secondary N) is 2. The molecule has 0 bridgehead atoms. The van der Waals surface area contributed by atoms with Crippen LogP contribution in [0, 0.1) is 0 Å². The predicted octanol–water partition coefficient (Wildman–Crippen LogP) is 3.09. The van der Waals surface area contributed by atoms with Gasteiger partial charge >= 0.3 is 0 Å². The van der Waals surface area contributed by atoms with Crippen LogP contribution < -0.4 is 10.0 Å². The molecule has 0 aliphatic carbocycles. The van der Waals surface area contributed by atoms with E-state index >= 15 is 0 Å². The third-order valence-electron chi connectivity index (χ3n) is 3.23. The Balaban J connectivity index is 1.95. The van der Waals surface area contributed by atoms with Crippen LogP contribution in [-0.2, 0) is 21.4 Å². The van der Waals surface area contributed by atoms with Crippen molar-refractivity contribution in [1.29, 1.82) is 0 Å². The van der Waals surface area contributed by atoms with Crippen molar-refractivity contribution in [3.05, 3.63) is 63.6 Å². The highest BCUT2D eigenvalue weighted by molar-refractivity contribution is 9.10.